The fraction of sp³-hybridized carbons (Fsp3) is 0.294. The van der Waals surface area contributed by atoms with Crippen molar-refractivity contribution in [3.05, 3.63) is 63.2 Å². The maximum absolute atomic E-state index is 12.8. The summed E-state index contributed by atoms with van der Waals surface area (Å²) in [7, 11) is -3.79. The number of sulfonamides is 1. The van der Waals surface area contributed by atoms with E-state index in [0.717, 1.165) is 24.0 Å². The Morgan fingerprint density at radius 2 is 1.96 bits per heavy atom. The predicted molar refractivity (Wildman–Crippen MR) is 102 cm³/mol. The Morgan fingerprint density at radius 3 is 2.62 bits per heavy atom. The van der Waals surface area contributed by atoms with Crippen LogP contribution in [0.3, 0.4) is 0 Å². The number of hydrogen-bond donors (Lipinski definition) is 2. The van der Waals surface area contributed by atoms with E-state index in [-0.39, 0.29) is 29.0 Å². The lowest BCUT2D eigenvalue weighted by atomic mass is 9.88. The zero-order valence-electron chi connectivity index (χ0n) is 14.1. The number of non-ortho nitro benzene ring substituents is 1. The number of fused-ring (bicyclic) bond motifs is 1. The molecule has 7 nitrogen and oxygen atoms in total. The molecule has 0 aliphatic heterocycles. The van der Waals surface area contributed by atoms with Gasteiger partial charge < -0.3 is 5.73 Å². The van der Waals surface area contributed by atoms with Gasteiger partial charge in [0.15, 0.2) is 0 Å². The second-order valence-corrected chi connectivity index (χ2v) is 7.91. The van der Waals surface area contributed by atoms with Crippen LogP contribution >= 0.6 is 12.4 Å². The van der Waals surface area contributed by atoms with Crippen molar-refractivity contribution >= 4 is 33.8 Å². The molecule has 2 aromatic rings. The van der Waals surface area contributed by atoms with Crippen LogP contribution in [0.4, 0.5) is 11.4 Å². The number of nitrogen functional groups attached to an aromatic ring is 1. The topological polar surface area (TPSA) is 115 Å². The number of anilines is 1. The first-order valence-corrected chi connectivity index (χ1v) is 9.42. The number of halogens is 1. The summed E-state index contributed by atoms with van der Waals surface area (Å²) in [6.07, 6.45) is 2.43. The first-order valence-electron chi connectivity index (χ1n) is 7.93. The van der Waals surface area contributed by atoms with Crippen molar-refractivity contribution in [1.29, 1.82) is 0 Å². The summed E-state index contributed by atoms with van der Waals surface area (Å²) < 4.78 is 28.3. The average molecular weight is 398 g/mol. The first-order chi connectivity index (χ1) is 11.8. The maximum Gasteiger partial charge on any atom is 0.269 e. The van der Waals surface area contributed by atoms with Gasteiger partial charge in [-0.15, -0.1) is 12.4 Å². The molecule has 0 radical (unpaired) electrons. The standard InChI is InChI=1S/C17H19N3O4S.ClH/c1-11-9-14(20(21)22)6-8-17(11)25(23,24)19-16-4-2-3-12-10-13(18)5-7-15(12)16;/h5-10,16,19H,2-4,18H2,1H3;1H. The molecule has 1 aliphatic carbocycles. The highest BCUT2D eigenvalue weighted by molar-refractivity contribution is 7.89. The van der Waals surface area contributed by atoms with Crippen LogP contribution in [0.5, 0.6) is 0 Å². The van der Waals surface area contributed by atoms with Gasteiger partial charge in [0.05, 0.1) is 9.82 Å². The summed E-state index contributed by atoms with van der Waals surface area (Å²) in [4.78, 5) is 10.3. The largest absolute Gasteiger partial charge is 0.399 e. The zero-order chi connectivity index (χ0) is 18.2. The molecular weight excluding hydrogens is 378 g/mol. The number of nitrogens with zero attached hydrogens (tertiary/aromatic N) is 1. The molecule has 0 amide bonds. The Morgan fingerprint density at radius 1 is 1.23 bits per heavy atom. The summed E-state index contributed by atoms with van der Waals surface area (Å²) >= 11 is 0. The number of aryl methyl sites for hydroxylation is 2. The Kier molecular flexibility index (Phi) is 5.90. The number of benzene rings is 2. The summed E-state index contributed by atoms with van der Waals surface area (Å²) in [5, 5.41) is 10.8. The molecule has 0 saturated heterocycles. The molecule has 140 valence electrons. The van der Waals surface area contributed by atoms with Crippen molar-refractivity contribution in [2.75, 3.05) is 5.73 Å². The minimum absolute atomic E-state index is 0. The van der Waals surface area contributed by atoms with Gasteiger partial charge >= 0.3 is 0 Å². The second-order valence-electron chi connectivity index (χ2n) is 6.23. The van der Waals surface area contributed by atoms with E-state index in [1.165, 1.54) is 18.2 Å². The van der Waals surface area contributed by atoms with Crippen LogP contribution in [0, 0.1) is 17.0 Å². The smallest absolute Gasteiger partial charge is 0.269 e. The van der Waals surface area contributed by atoms with Crippen LogP contribution in [0.1, 0.15) is 35.6 Å². The van der Waals surface area contributed by atoms with Crippen LogP contribution in [-0.4, -0.2) is 13.3 Å². The van der Waals surface area contributed by atoms with E-state index in [0.29, 0.717) is 17.7 Å². The second kappa shape index (κ2) is 7.61. The van der Waals surface area contributed by atoms with Crippen molar-refractivity contribution < 1.29 is 13.3 Å². The predicted octanol–water partition coefficient (Wildman–Crippen LogP) is 3.26. The van der Waals surface area contributed by atoms with E-state index in [1.54, 1.807) is 13.0 Å². The molecule has 0 bridgehead atoms. The first kappa shape index (κ1) is 20.2. The number of hydrogen-bond acceptors (Lipinski definition) is 5. The lowest BCUT2D eigenvalue weighted by Gasteiger charge is -2.26. The molecule has 0 heterocycles. The van der Waals surface area contributed by atoms with Gasteiger partial charge in [0.25, 0.3) is 5.69 Å². The molecule has 1 unspecified atom stereocenters. The zero-order valence-corrected chi connectivity index (χ0v) is 15.8. The molecule has 0 aromatic heterocycles. The van der Waals surface area contributed by atoms with E-state index in [4.69, 9.17) is 5.73 Å². The van der Waals surface area contributed by atoms with Gasteiger partial charge in [-0.1, -0.05) is 6.07 Å². The quantitative estimate of drug-likeness (QED) is 0.466. The van der Waals surface area contributed by atoms with Gasteiger partial charge in [-0.2, -0.15) is 0 Å². The van der Waals surface area contributed by atoms with E-state index >= 15 is 0 Å². The molecule has 1 atom stereocenters. The van der Waals surface area contributed by atoms with E-state index in [9.17, 15) is 18.5 Å². The van der Waals surface area contributed by atoms with Crippen LogP contribution in [0.25, 0.3) is 0 Å². The van der Waals surface area contributed by atoms with Gasteiger partial charge in [0, 0.05) is 23.9 Å². The lowest BCUT2D eigenvalue weighted by Crippen LogP contribution is -2.31. The fourth-order valence-corrected chi connectivity index (χ4v) is 4.73. The van der Waals surface area contributed by atoms with Gasteiger partial charge in [-0.3, -0.25) is 10.1 Å². The summed E-state index contributed by atoms with van der Waals surface area (Å²) in [5.74, 6) is 0. The molecular formula is C17H20ClN3O4S. The molecule has 3 rings (SSSR count). The SMILES string of the molecule is Cc1cc([N+](=O)[O-])ccc1S(=O)(=O)NC1CCCc2cc(N)ccc21.Cl. The Bertz CT molecular complexity index is 947. The molecule has 1 aliphatic rings. The molecule has 2 aromatic carbocycles. The highest BCUT2D eigenvalue weighted by Gasteiger charge is 2.27. The number of nitro groups is 1. The average Bonchev–Trinajstić information content (AvgIpc) is 2.54. The number of rotatable bonds is 4. The minimum Gasteiger partial charge on any atom is -0.399 e. The van der Waals surface area contributed by atoms with Gasteiger partial charge in [-0.05, 0) is 61.1 Å². The maximum atomic E-state index is 12.8. The molecule has 3 N–H and O–H groups in total. The highest BCUT2D eigenvalue weighted by atomic mass is 35.5. The number of nitrogens with two attached hydrogens (primary N) is 1. The third-order valence-electron chi connectivity index (χ3n) is 4.44. The van der Waals surface area contributed by atoms with E-state index < -0.39 is 14.9 Å². The lowest BCUT2D eigenvalue weighted by molar-refractivity contribution is -0.385. The van der Waals surface area contributed by atoms with Crippen molar-refractivity contribution in [3.63, 3.8) is 0 Å². The summed E-state index contributed by atoms with van der Waals surface area (Å²) in [6, 6.07) is 8.93. The van der Waals surface area contributed by atoms with Crippen molar-refractivity contribution in [2.45, 2.75) is 37.1 Å². The summed E-state index contributed by atoms with van der Waals surface area (Å²) in [5.41, 5.74) is 8.67. The third kappa shape index (κ3) is 3.98. The Hall–Kier alpha value is -2.16. The molecule has 0 fully saturated rings. The normalized spacial score (nSPS) is 16.4. The van der Waals surface area contributed by atoms with Crippen LogP contribution in [-0.2, 0) is 16.4 Å². The third-order valence-corrected chi connectivity index (χ3v) is 6.07. The molecule has 9 heteroatoms. The van der Waals surface area contributed by atoms with Gasteiger partial charge in [0.1, 0.15) is 0 Å². The van der Waals surface area contributed by atoms with Crippen molar-refractivity contribution in [2.24, 2.45) is 0 Å². The molecule has 0 saturated carbocycles. The van der Waals surface area contributed by atoms with E-state index in [2.05, 4.69) is 4.72 Å². The Balaban J connectivity index is 0.00000243. The van der Waals surface area contributed by atoms with Crippen molar-refractivity contribution in [3.8, 4) is 0 Å². The van der Waals surface area contributed by atoms with Gasteiger partial charge in [-0.25, -0.2) is 13.1 Å². The van der Waals surface area contributed by atoms with Crippen LogP contribution in [0.15, 0.2) is 41.3 Å². The van der Waals surface area contributed by atoms with Crippen molar-refractivity contribution in [1.82, 2.24) is 4.72 Å². The number of nitrogens with one attached hydrogen (secondary N) is 1. The van der Waals surface area contributed by atoms with E-state index in [1.807, 2.05) is 12.1 Å². The van der Waals surface area contributed by atoms with Crippen LogP contribution in [0.2, 0.25) is 0 Å². The monoisotopic (exact) mass is 397 g/mol. The summed E-state index contributed by atoms with van der Waals surface area (Å²) in [6.45, 7) is 1.55. The minimum atomic E-state index is -3.79. The Labute approximate surface area is 158 Å². The van der Waals surface area contributed by atoms with Crippen LogP contribution < -0.4 is 10.5 Å². The number of nitro benzene ring substituents is 1. The molecule has 26 heavy (non-hydrogen) atoms. The fourth-order valence-electron chi connectivity index (χ4n) is 3.26. The van der Waals surface area contributed by atoms with Gasteiger partial charge in [0.2, 0.25) is 10.0 Å². The molecule has 0 spiro atoms. The highest BCUT2D eigenvalue weighted by Crippen LogP contribution is 2.32.